The van der Waals surface area contributed by atoms with Crippen molar-refractivity contribution >= 4 is 11.8 Å². The van der Waals surface area contributed by atoms with Crippen LogP contribution in [0.5, 0.6) is 0 Å². The van der Waals surface area contributed by atoms with Crippen LogP contribution in [0.25, 0.3) is 0 Å². The van der Waals surface area contributed by atoms with Crippen molar-refractivity contribution in [3.05, 3.63) is 0 Å². The number of hydrogen-bond donors (Lipinski definition) is 0. The molecule has 0 nitrogen and oxygen atoms in total. The predicted molar refractivity (Wildman–Crippen MR) is 38.2 cm³/mol. The molecule has 1 saturated heterocycles. The molecule has 0 radical (unpaired) electrons. The molecule has 1 saturated carbocycles. The van der Waals surface area contributed by atoms with Crippen molar-refractivity contribution < 1.29 is 0 Å². The van der Waals surface area contributed by atoms with Crippen molar-refractivity contribution in [2.24, 2.45) is 5.92 Å². The molecular formula is C7H12S. The standard InChI is InChI=1S/C7H12S/c1-2-6-4-5-8-7(6)3-1/h6-7H,1-5H2/t6-,7+/m0/s1. The van der Waals surface area contributed by atoms with Crippen LogP contribution in [0.3, 0.4) is 0 Å². The second-order valence-corrected chi connectivity index (χ2v) is 4.24. The number of rotatable bonds is 0. The lowest BCUT2D eigenvalue weighted by Gasteiger charge is -2.03. The second kappa shape index (κ2) is 1.94. The van der Waals surface area contributed by atoms with Crippen LogP contribution in [0.4, 0.5) is 0 Å². The predicted octanol–water partition coefficient (Wildman–Crippen LogP) is 2.29. The van der Waals surface area contributed by atoms with Gasteiger partial charge in [-0.1, -0.05) is 6.42 Å². The van der Waals surface area contributed by atoms with Gasteiger partial charge in [0.1, 0.15) is 0 Å². The molecule has 2 rings (SSSR count). The molecule has 0 N–H and O–H groups in total. The van der Waals surface area contributed by atoms with E-state index >= 15 is 0 Å². The Morgan fingerprint density at radius 3 is 3.00 bits per heavy atom. The van der Waals surface area contributed by atoms with Gasteiger partial charge in [0, 0.05) is 5.25 Å². The van der Waals surface area contributed by atoms with Crippen molar-refractivity contribution in [2.75, 3.05) is 5.75 Å². The van der Waals surface area contributed by atoms with E-state index in [0.29, 0.717) is 0 Å². The van der Waals surface area contributed by atoms with Gasteiger partial charge in [-0.25, -0.2) is 0 Å². The van der Waals surface area contributed by atoms with Gasteiger partial charge >= 0.3 is 0 Å². The zero-order valence-corrected chi connectivity index (χ0v) is 5.91. The maximum absolute atomic E-state index is 2.21. The minimum atomic E-state index is 1.09. The van der Waals surface area contributed by atoms with Crippen LogP contribution in [0.1, 0.15) is 25.7 Å². The Labute approximate surface area is 55.0 Å². The molecule has 2 atom stereocenters. The van der Waals surface area contributed by atoms with Gasteiger partial charge < -0.3 is 0 Å². The van der Waals surface area contributed by atoms with Gasteiger partial charge in [0.2, 0.25) is 0 Å². The summed E-state index contributed by atoms with van der Waals surface area (Å²) in [5.41, 5.74) is 0. The Balaban J connectivity index is 2.04. The van der Waals surface area contributed by atoms with E-state index in [1.807, 2.05) is 0 Å². The Morgan fingerprint density at radius 2 is 2.12 bits per heavy atom. The molecular weight excluding hydrogens is 116 g/mol. The summed E-state index contributed by atoms with van der Waals surface area (Å²) in [5, 5.41) is 1.09. The van der Waals surface area contributed by atoms with Crippen molar-refractivity contribution in [3.63, 3.8) is 0 Å². The SMILES string of the molecule is C1C[C@H]2CCS[C@@H]2C1. The van der Waals surface area contributed by atoms with Crippen LogP contribution in [0.15, 0.2) is 0 Å². The van der Waals surface area contributed by atoms with Crippen LogP contribution in [-0.2, 0) is 0 Å². The number of fused-ring (bicyclic) bond motifs is 1. The fourth-order valence-electron chi connectivity index (χ4n) is 1.92. The van der Waals surface area contributed by atoms with Crippen LogP contribution < -0.4 is 0 Å². The highest BCUT2D eigenvalue weighted by Crippen LogP contribution is 2.43. The van der Waals surface area contributed by atoms with Gasteiger partial charge in [-0.2, -0.15) is 11.8 Å². The second-order valence-electron chi connectivity index (χ2n) is 2.89. The minimum absolute atomic E-state index is 1.09. The molecule has 2 fully saturated rings. The van der Waals surface area contributed by atoms with Crippen molar-refractivity contribution in [1.82, 2.24) is 0 Å². The maximum Gasteiger partial charge on any atom is 0.00756 e. The summed E-state index contributed by atoms with van der Waals surface area (Å²) in [6, 6.07) is 0. The van der Waals surface area contributed by atoms with Crippen molar-refractivity contribution in [2.45, 2.75) is 30.9 Å². The fraction of sp³-hybridized carbons (Fsp3) is 1.00. The molecule has 46 valence electrons. The summed E-state index contributed by atoms with van der Waals surface area (Å²) in [6.45, 7) is 0. The molecule has 0 unspecified atom stereocenters. The lowest BCUT2D eigenvalue weighted by Crippen LogP contribution is -2.00. The third-order valence-corrected chi connectivity index (χ3v) is 3.93. The van der Waals surface area contributed by atoms with E-state index < -0.39 is 0 Å². The zero-order valence-electron chi connectivity index (χ0n) is 5.10. The normalized spacial score (nSPS) is 45.0. The molecule has 0 amide bonds. The van der Waals surface area contributed by atoms with Crippen molar-refractivity contribution in [3.8, 4) is 0 Å². The average Bonchev–Trinajstić information content (AvgIpc) is 2.15. The van der Waals surface area contributed by atoms with Crippen LogP contribution >= 0.6 is 11.8 Å². The molecule has 1 aliphatic heterocycles. The zero-order chi connectivity index (χ0) is 5.40. The summed E-state index contributed by atoms with van der Waals surface area (Å²) in [6.07, 6.45) is 6.10. The minimum Gasteiger partial charge on any atom is -0.158 e. The van der Waals surface area contributed by atoms with Gasteiger partial charge in [-0.05, 0) is 30.9 Å². The van der Waals surface area contributed by atoms with Gasteiger partial charge in [-0.15, -0.1) is 0 Å². The Hall–Kier alpha value is 0.350. The van der Waals surface area contributed by atoms with E-state index in [1.165, 1.54) is 31.4 Å². The highest BCUT2D eigenvalue weighted by molar-refractivity contribution is 8.00. The van der Waals surface area contributed by atoms with Crippen LogP contribution in [-0.4, -0.2) is 11.0 Å². The Bertz CT molecular complexity index is 70.4. The highest BCUT2D eigenvalue weighted by atomic mass is 32.2. The summed E-state index contributed by atoms with van der Waals surface area (Å²) in [7, 11) is 0. The first-order chi connectivity index (χ1) is 3.97. The topological polar surface area (TPSA) is 0 Å². The third kappa shape index (κ3) is 0.680. The maximum atomic E-state index is 2.21. The summed E-state index contributed by atoms with van der Waals surface area (Å²) >= 11 is 2.21. The molecule has 1 heterocycles. The van der Waals surface area contributed by atoms with Crippen LogP contribution in [0, 0.1) is 5.92 Å². The lowest BCUT2D eigenvalue weighted by atomic mass is 10.1. The molecule has 0 aromatic carbocycles. The molecule has 1 heteroatoms. The largest absolute Gasteiger partial charge is 0.158 e. The first kappa shape index (κ1) is 5.16. The van der Waals surface area contributed by atoms with Gasteiger partial charge in [0.25, 0.3) is 0 Å². The quantitative estimate of drug-likeness (QED) is 0.482. The summed E-state index contributed by atoms with van der Waals surface area (Å²) < 4.78 is 0. The molecule has 0 aromatic rings. The smallest absolute Gasteiger partial charge is 0.00756 e. The summed E-state index contributed by atoms with van der Waals surface area (Å²) in [5.74, 6) is 2.59. The Kier molecular flexibility index (Phi) is 1.25. The average molecular weight is 128 g/mol. The number of hydrogen-bond acceptors (Lipinski definition) is 1. The van der Waals surface area contributed by atoms with E-state index in [1.54, 1.807) is 0 Å². The molecule has 0 aromatic heterocycles. The molecule has 8 heavy (non-hydrogen) atoms. The van der Waals surface area contributed by atoms with Gasteiger partial charge in [0.05, 0.1) is 0 Å². The highest BCUT2D eigenvalue weighted by Gasteiger charge is 2.31. The van der Waals surface area contributed by atoms with Gasteiger partial charge in [-0.3, -0.25) is 0 Å². The van der Waals surface area contributed by atoms with E-state index in [-0.39, 0.29) is 0 Å². The third-order valence-electron chi connectivity index (χ3n) is 2.41. The first-order valence-electron chi connectivity index (χ1n) is 3.58. The molecule has 1 aliphatic carbocycles. The van der Waals surface area contributed by atoms with E-state index in [4.69, 9.17) is 0 Å². The molecule has 2 aliphatic rings. The Morgan fingerprint density at radius 1 is 1.12 bits per heavy atom. The summed E-state index contributed by atoms with van der Waals surface area (Å²) in [4.78, 5) is 0. The number of thioether (sulfide) groups is 1. The van der Waals surface area contributed by atoms with E-state index in [9.17, 15) is 0 Å². The van der Waals surface area contributed by atoms with Crippen LogP contribution in [0.2, 0.25) is 0 Å². The molecule has 0 bridgehead atoms. The molecule has 0 spiro atoms. The van der Waals surface area contributed by atoms with E-state index in [2.05, 4.69) is 11.8 Å². The first-order valence-corrected chi connectivity index (χ1v) is 4.63. The monoisotopic (exact) mass is 128 g/mol. The van der Waals surface area contributed by atoms with Gasteiger partial charge in [0.15, 0.2) is 0 Å². The lowest BCUT2D eigenvalue weighted by molar-refractivity contribution is 0.569. The van der Waals surface area contributed by atoms with E-state index in [0.717, 1.165) is 11.2 Å². The fourth-order valence-corrected chi connectivity index (χ4v) is 3.54. The van der Waals surface area contributed by atoms with Crippen molar-refractivity contribution in [1.29, 1.82) is 0 Å².